The molecule has 8 heteroatoms. The van der Waals surface area contributed by atoms with Gasteiger partial charge in [-0.15, -0.1) is 0 Å². The van der Waals surface area contributed by atoms with Gasteiger partial charge in [0, 0.05) is 0 Å². The maximum atomic E-state index is 13.6. The van der Waals surface area contributed by atoms with Crippen molar-refractivity contribution in [1.29, 1.82) is 0 Å². The van der Waals surface area contributed by atoms with Gasteiger partial charge in [-0.3, -0.25) is 4.79 Å². The summed E-state index contributed by atoms with van der Waals surface area (Å²) >= 11 is 0. The SMILES string of the molecule is CCCCOC(=O)c1ccc(O[C@H](C)C(=O)Nc2ccc(F)c(F)c2F)cc1. The van der Waals surface area contributed by atoms with Gasteiger partial charge in [-0.25, -0.2) is 18.0 Å². The first-order valence-corrected chi connectivity index (χ1v) is 8.71. The zero-order valence-corrected chi connectivity index (χ0v) is 15.4. The predicted octanol–water partition coefficient (Wildman–Crippen LogP) is 4.47. The van der Waals surface area contributed by atoms with Crippen molar-refractivity contribution >= 4 is 17.6 Å². The summed E-state index contributed by atoms with van der Waals surface area (Å²) in [6.45, 7) is 3.73. The number of amides is 1. The number of carbonyl (C=O) groups excluding carboxylic acids is 2. The molecule has 0 aromatic heterocycles. The van der Waals surface area contributed by atoms with Crippen molar-refractivity contribution < 1.29 is 32.2 Å². The van der Waals surface area contributed by atoms with Crippen molar-refractivity contribution in [1.82, 2.24) is 0 Å². The Morgan fingerprint density at radius 3 is 2.36 bits per heavy atom. The fourth-order valence-electron chi connectivity index (χ4n) is 2.18. The smallest absolute Gasteiger partial charge is 0.338 e. The number of ether oxygens (including phenoxy) is 2. The molecule has 1 amide bonds. The van der Waals surface area contributed by atoms with Crippen LogP contribution in [0.3, 0.4) is 0 Å². The Hall–Kier alpha value is -3.03. The summed E-state index contributed by atoms with van der Waals surface area (Å²) in [5.74, 6) is -5.45. The first-order valence-electron chi connectivity index (χ1n) is 8.71. The number of esters is 1. The van der Waals surface area contributed by atoms with E-state index in [4.69, 9.17) is 9.47 Å². The van der Waals surface area contributed by atoms with Crippen molar-refractivity contribution in [2.45, 2.75) is 32.8 Å². The van der Waals surface area contributed by atoms with Gasteiger partial charge in [0.25, 0.3) is 5.91 Å². The van der Waals surface area contributed by atoms with Gasteiger partial charge < -0.3 is 14.8 Å². The molecule has 0 unspecified atom stereocenters. The van der Waals surface area contributed by atoms with Crippen molar-refractivity contribution in [3.8, 4) is 5.75 Å². The largest absolute Gasteiger partial charge is 0.481 e. The first-order chi connectivity index (χ1) is 13.3. The lowest BCUT2D eigenvalue weighted by atomic mass is 10.2. The maximum absolute atomic E-state index is 13.6. The normalized spacial score (nSPS) is 11.6. The average molecular weight is 395 g/mol. The minimum atomic E-state index is -1.67. The highest BCUT2D eigenvalue weighted by Gasteiger charge is 2.20. The number of rotatable bonds is 8. The van der Waals surface area contributed by atoms with Gasteiger partial charge in [-0.2, -0.15) is 0 Å². The minimum Gasteiger partial charge on any atom is -0.481 e. The monoisotopic (exact) mass is 395 g/mol. The number of benzene rings is 2. The van der Waals surface area contributed by atoms with Crippen molar-refractivity contribution in [3.05, 3.63) is 59.4 Å². The molecule has 0 saturated carbocycles. The van der Waals surface area contributed by atoms with E-state index in [1.807, 2.05) is 6.92 Å². The number of anilines is 1. The van der Waals surface area contributed by atoms with Crippen LogP contribution in [-0.4, -0.2) is 24.6 Å². The van der Waals surface area contributed by atoms with E-state index < -0.39 is 41.1 Å². The Kier molecular flexibility index (Phi) is 7.43. The summed E-state index contributed by atoms with van der Waals surface area (Å²) in [5.41, 5.74) is -0.158. The van der Waals surface area contributed by atoms with Crippen LogP contribution < -0.4 is 10.1 Å². The fourth-order valence-corrected chi connectivity index (χ4v) is 2.18. The van der Waals surface area contributed by atoms with Gasteiger partial charge in [-0.05, 0) is 49.7 Å². The van der Waals surface area contributed by atoms with Gasteiger partial charge in [0.2, 0.25) is 0 Å². The highest BCUT2D eigenvalue weighted by Crippen LogP contribution is 2.20. The molecule has 0 radical (unpaired) electrons. The molecular formula is C20H20F3NO4. The van der Waals surface area contributed by atoms with Crippen LogP contribution in [0.2, 0.25) is 0 Å². The van der Waals surface area contributed by atoms with Crippen molar-refractivity contribution in [2.75, 3.05) is 11.9 Å². The molecule has 2 aromatic carbocycles. The van der Waals surface area contributed by atoms with Crippen LogP contribution >= 0.6 is 0 Å². The van der Waals surface area contributed by atoms with Crippen LogP contribution in [0.15, 0.2) is 36.4 Å². The second-order valence-corrected chi connectivity index (χ2v) is 5.99. The van der Waals surface area contributed by atoms with Crippen LogP contribution in [0.1, 0.15) is 37.0 Å². The first kappa shape index (κ1) is 21.3. The molecule has 28 heavy (non-hydrogen) atoms. The van der Waals surface area contributed by atoms with Crippen LogP contribution in [0.4, 0.5) is 18.9 Å². The summed E-state index contributed by atoms with van der Waals surface area (Å²) in [7, 11) is 0. The van der Waals surface area contributed by atoms with E-state index in [1.165, 1.54) is 31.2 Å². The topological polar surface area (TPSA) is 64.6 Å². The summed E-state index contributed by atoms with van der Waals surface area (Å²) < 4.78 is 50.3. The third-order valence-electron chi connectivity index (χ3n) is 3.80. The van der Waals surface area contributed by atoms with E-state index >= 15 is 0 Å². The predicted molar refractivity (Wildman–Crippen MR) is 96.7 cm³/mol. The molecule has 1 N–H and O–H groups in total. The third-order valence-corrected chi connectivity index (χ3v) is 3.80. The molecule has 0 fully saturated rings. The molecule has 150 valence electrons. The van der Waals surface area contributed by atoms with E-state index in [-0.39, 0.29) is 0 Å². The quantitative estimate of drug-likeness (QED) is 0.407. The molecular weight excluding hydrogens is 375 g/mol. The van der Waals surface area contributed by atoms with E-state index in [9.17, 15) is 22.8 Å². The Morgan fingerprint density at radius 2 is 1.71 bits per heavy atom. The van der Waals surface area contributed by atoms with Gasteiger partial charge in [0.05, 0.1) is 17.9 Å². The number of nitrogens with one attached hydrogen (secondary N) is 1. The molecule has 0 bridgehead atoms. The maximum Gasteiger partial charge on any atom is 0.338 e. The number of hydrogen-bond acceptors (Lipinski definition) is 4. The second-order valence-electron chi connectivity index (χ2n) is 5.99. The van der Waals surface area contributed by atoms with Crippen LogP contribution in [0.25, 0.3) is 0 Å². The molecule has 2 aromatic rings. The molecule has 0 aliphatic heterocycles. The molecule has 5 nitrogen and oxygen atoms in total. The van der Waals surface area contributed by atoms with Gasteiger partial charge in [-0.1, -0.05) is 13.3 Å². The minimum absolute atomic E-state index is 0.290. The highest BCUT2D eigenvalue weighted by atomic mass is 19.2. The summed E-state index contributed by atoms with van der Waals surface area (Å²) in [5, 5.41) is 2.14. The molecule has 0 aliphatic carbocycles. The summed E-state index contributed by atoms with van der Waals surface area (Å²) in [4.78, 5) is 23.9. The van der Waals surface area contributed by atoms with E-state index in [0.29, 0.717) is 24.0 Å². The molecule has 0 spiro atoms. The lowest BCUT2D eigenvalue weighted by Crippen LogP contribution is -2.30. The standard InChI is InChI=1S/C20H20F3NO4/c1-3-4-11-27-20(26)13-5-7-14(8-6-13)28-12(2)19(25)24-16-10-9-15(21)17(22)18(16)23/h5-10,12H,3-4,11H2,1-2H3,(H,24,25)/t12-/m1/s1. The van der Waals surface area contributed by atoms with Crippen LogP contribution in [0, 0.1) is 17.5 Å². The Balaban J connectivity index is 1.95. The van der Waals surface area contributed by atoms with Crippen LogP contribution in [0.5, 0.6) is 5.75 Å². The molecule has 2 rings (SSSR count). The number of unbranched alkanes of at least 4 members (excludes halogenated alkanes) is 1. The van der Waals surface area contributed by atoms with Gasteiger partial charge in [0.1, 0.15) is 5.75 Å². The van der Waals surface area contributed by atoms with Gasteiger partial charge >= 0.3 is 5.97 Å². The average Bonchev–Trinajstić information content (AvgIpc) is 2.69. The third kappa shape index (κ3) is 5.48. The molecule has 1 atom stereocenters. The van der Waals surface area contributed by atoms with E-state index in [2.05, 4.69) is 5.32 Å². The number of hydrogen-bond donors (Lipinski definition) is 1. The second kappa shape index (κ2) is 9.77. The Bertz CT molecular complexity index is 840. The molecule has 0 heterocycles. The van der Waals surface area contributed by atoms with Crippen molar-refractivity contribution in [2.24, 2.45) is 0 Å². The Labute approximate surface area is 160 Å². The van der Waals surface area contributed by atoms with E-state index in [0.717, 1.165) is 18.9 Å². The zero-order valence-electron chi connectivity index (χ0n) is 15.4. The van der Waals surface area contributed by atoms with E-state index in [1.54, 1.807) is 0 Å². The Morgan fingerprint density at radius 1 is 1.04 bits per heavy atom. The number of carbonyl (C=O) groups is 2. The molecule has 0 saturated heterocycles. The zero-order chi connectivity index (χ0) is 20.7. The number of halogens is 3. The lowest BCUT2D eigenvalue weighted by molar-refractivity contribution is -0.122. The molecule has 0 aliphatic rings. The highest BCUT2D eigenvalue weighted by molar-refractivity contribution is 5.94. The van der Waals surface area contributed by atoms with Gasteiger partial charge in [0.15, 0.2) is 23.6 Å². The fraction of sp³-hybridized carbons (Fsp3) is 0.300. The summed E-state index contributed by atoms with van der Waals surface area (Å²) in [6, 6.07) is 7.57. The van der Waals surface area contributed by atoms with Crippen molar-refractivity contribution in [3.63, 3.8) is 0 Å². The van der Waals surface area contributed by atoms with Crippen LogP contribution in [-0.2, 0) is 9.53 Å². The lowest BCUT2D eigenvalue weighted by Gasteiger charge is -2.15. The summed E-state index contributed by atoms with van der Waals surface area (Å²) in [6.07, 6.45) is 0.627.